The SMILES string of the molecule is CCCNC(=O)N1CCC(n2c(C)cnc2-c2ccncc2)CC1. The molecule has 0 saturated carbocycles. The molecule has 3 heterocycles. The molecule has 2 aromatic rings. The van der Waals surface area contributed by atoms with Gasteiger partial charge < -0.3 is 14.8 Å². The highest BCUT2D eigenvalue weighted by molar-refractivity contribution is 5.74. The number of urea groups is 1. The zero-order valence-corrected chi connectivity index (χ0v) is 14.4. The van der Waals surface area contributed by atoms with E-state index in [-0.39, 0.29) is 6.03 Å². The number of aromatic nitrogens is 3. The summed E-state index contributed by atoms with van der Waals surface area (Å²) in [6, 6.07) is 4.43. The minimum absolute atomic E-state index is 0.0620. The molecule has 0 bridgehead atoms. The van der Waals surface area contributed by atoms with Gasteiger partial charge in [-0.15, -0.1) is 0 Å². The number of hydrogen-bond acceptors (Lipinski definition) is 3. The molecule has 0 radical (unpaired) electrons. The lowest BCUT2D eigenvalue weighted by Crippen LogP contribution is -2.45. The molecule has 2 aromatic heterocycles. The van der Waals surface area contributed by atoms with Gasteiger partial charge in [0, 0.05) is 55.5 Å². The quantitative estimate of drug-likeness (QED) is 0.939. The zero-order valence-electron chi connectivity index (χ0n) is 14.4. The molecular formula is C18H25N5O. The lowest BCUT2D eigenvalue weighted by Gasteiger charge is -2.34. The molecule has 3 rings (SSSR count). The van der Waals surface area contributed by atoms with E-state index in [1.54, 1.807) is 12.4 Å². The molecule has 6 heteroatoms. The van der Waals surface area contributed by atoms with Gasteiger partial charge in [0.1, 0.15) is 5.82 Å². The Balaban J connectivity index is 1.71. The van der Waals surface area contributed by atoms with Gasteiger partial charge in [-0.25, -0.2) is 9.78 Å². The molecule has 24 heavy (non-hydrogen) atoms. The summed E-state index contributed by atoms with van der Waals surface area (Å²) in [6.45, 7) is 6.47. The Bertz CT molecular complexity index is 674. The van der Waals surface area contributed by atoms with E-state index < -0.39 is 0 Å². The Hall–Kier alpha value is -2.37. The fourth-order valence-corrected chi connectivity index (χ4v) is 3.29. The van der Waals surface area contributed by atoms with Gasteiger partial charge >= 0.3 is 6.03 Å². The van der Waals surface area contributed by atoms with E-state index in [1.165, 1.54) is 0 Å². The van der Waals surface area contributed by atoms with E-state index in [1.807, 2.05) is 23.2 Å². The number of carbonyl (C=O) groups excluding carboxylic acids is 1. The van der Waals surface area contributed by atoms with Crippen LogP contribution >= 0.6 is 0 Å². The average molecular weight is 327 g/mol. The third-order valence-corrected chi connectivity index (χ3v) is 4.56. The molecule has 0 atom stereocenters. The van der Waals surface area contributed by atoms with Gasteiger partial charge in [0.05, 0.1) is 0 Å². The smallest absolute Gasteiger partial charge is 0.317 e. The zero-order chi connectivity index (χ0) is 16.9. The Morgan fingerprint density at radius 3 is 2.67 bits per heavy atom. The highest BCUT2D eigenvalue weighted by Crippen LogP contribution is 2.29. The molecule has 1 saturated heterocycles. The molecule has 2 amide bonds. The number of pyridine rings is 1. The first-order valence-corrected chi connectivity index (χ1v) is 8.67. The summed E-state index contributed by atoms with van der Waals surface area (Å²) in [5, 5.41) is 2.96. The molecule has 1 N–H and O–H groups in total. The fraction of sp³-hybridized carbons (Fsp3) is 0.500. The normalized spacial score (nSPS) is 15.5. The fourth-order valence-electron chi connectivity index (χ4n) is 3.29. The molecule has 0 aromatic carbocycles. The number of carbonyl (C=O) groups is 1. The van der Waals surface area contributed by atoms with Crippen LogP contribution in [0, 0.1) is 6.92 Å². The molecule has 1 aliphatic rings. The largest absolute Gasteiger partial charge is 0.338 e. The van der Waals surface area contributed by atoms with E-state index in [4.69, 9.17) is 0 Å². The van der Waals surface area contributed by atoms with E-state index in [0.29, 0.717) is 6.04 Å². The summed E-state index contributed by atoms with van der Waals surface area (Å²) in [4.78, 5) is 22.7. The van der Waals surface area contributed by atoms with Crippen molar-refractivity contribution < 1.29 is 4.79 Å². The first-order chi connectivity index (χ1) is 11.7. The monoisotopic (exact) mass is 327 g/mol. The van der Waals surface area contributed by atoms with Crippen molar-refractivity contribution in [1.82, 2.24) is 24.8 Å². The Kier molecular flexibility index (Phi) is 5.13. The predicted octanol–water partition coefficient (Wildman–Crippen LogP) is 3.01. The molecule has 1 fully saturated rings. The second-order valence-corrected chi connectivity index (χ2v) is 6.28. The van der Waals surface area contributed by atoms with Gasteiger partial charge in [-0.3, -0.25) is 4.98 Å². The van der Waals surface area contributed by atoms with Crippen molar-refractivity contribution in [1.29, 1.82) is 0 Å². The van der Waals surface area contributed by atoms with Crippen LogP contribution in [-0.4, -0.2) is 45.1 Å². The number of likely N-dealkylation sites (tertiary alicyclic amines) is 1. The Labute approximate surface area is 142 Å². The number of amides is 2. The molecular weight excluding hydrogens is 302 g/mol. The van der Waals surface area contributed by atoms with Crippen molar-refractivity contribution in [2.24, 2.45) is 0 Å². The third-order valence-electron chi connectivity index (χ3n) is 4.56. The van der Waals surface area contributed by atoms with Crippen LogP contribution in [0.1, 0.15) is 37.9 Å². The number of hydrogen-bond donors (Lipinski definition) is 1. The van der Waals surface area contributed by atoms with Crippen molar-refractivity contribution in [3.05, 3.63) is 36.4 Å². The van der Waals surface area contributed by atoms with Crippen LogP contribution in [0.5, 0.6) is 0 Å². The summed E-state index contributed by atoms with van der Waals surface area (Å²) < 4.78 is 2.32. The molecule has 6 nitrogen and oxygen atoms in total. The minimum Gasteiger partial charge on any atom is -0.338 e. The lowest BCUT2D eigenvalue weighted by molar-refractivity contribution is 0.171. The van der Waals surface area contributed by atoms with Crippen LogP contribution in [0.25, 0.3) is 11.4 Å². The number of imidazole rings is 1. The van der Waals surface area contributed by atoms with E-state index in [9.17, 15) is 4.79 Å². The maximum absolute atomic E-state index is 12.1. The van der Waals surface area contributed by atoms with E-state index >= 15 is 0 Å². The van der Waals surface area contributed by atoms with Crippen LogP contribution in [0.3, 0.4) is 0 Å². The number of aryl methyl sites for hydroxylation is 1. The Morgan fingerprint density at radius 2 is 2.00 bits per heavy atom. The van der Waals surface area contributed by atoms with Gasteiger partial charge in [0.25, 0.3) is 0 Å². The summed E-state index contributed by atoms with van der Waals surface area (Å²) in [5.41, 5.74) is 2.25. The van der Waals surface area contributed by atoms with Crippen LogP contribution in [-0.2, 0) is 0 Å². The van der Waals surface area contributed by atoms with Crippen molar-refractivity contribution >= 4 is 6.03 Å². The maximum atomic E-state index is 12.1. The highest BCUT2D eigenvalue weighted by Gasteiger charge is 2.26. The van der Waals surface area contributed by atoms with Gasteiger partial charge in [0.2, 0.25) is 0 Å². The topological polar surface area (TPSA) is 63.1 Å². The molecule has 0 unspecified atom stereocenters. The summed E-state index contributed by atoms with van der Waals surface area (Å²) in [5.74, 6) is 0.990. The van der Waals surface area contributed by atoms with Gasteiger partial charge in [0.15, 0.2) is 0 Å². The van der Waals surface area contributed by atoms with Crippen molar-refractivity contribution in [2.75, 3.05) is 19.6 Å². The molecule has 0 aliphatic carbocycles. The third kappa shape index (κ3) is 3.42. The summed E-state index contributed by atoms with van der Waals surface area (Å²) in [7, 11) is 0. The standard InChI is InChI=1S/C18H25N5O/c1-3-8-20-18(24)22-11-6-16(7-12-22)23-14(2)13-21-17(23)15-4-9-19-10-5-15/h4-5,9-10,13,16H,3,6-8,11-12H2,1-2H3,(H,20,24). The van der Waals surface area contributed by atoms with Crippen LogP contribution in [0.4, 0.5) is 4.79 Å². The number of piperidine rings is 1. The second-order valence-electron chi connectivity index (χ2n) is 6.28. The van der Waals surface area contributed by atoms with E-state index in [2.05, 4.69) is 33.7 Å². The highest BCUT2D eigenvalue weighted by atomic mass is 16.2. The Morgan fingerprint density at radius 1 is 1.29 bits per heavy atom. The molecule has 0 spiro atoms. The average Bonchev–Trinajstić information content (AvgIpc) is 3.02. The van der Waals surface area contributed by atoms with Gasteiger partial charge in [-0.1, -0.05) is 6.92 Å². The lowest BCUT2D eigenvalue weighted by atomic mass is 10.0. The number of nitrogens with zero attached hydrogens (tertiary/aromatic N) is 4. The van der Waals surface area contributed by atoms with Gasteiger partial charge in [-0.05, 0) is 38.3 Å². The first kappa shape index (κ1) is 16.5. The van der Waals surface area contributed by atoms with Crippen LogP contribution in [0.15, 0.2) is 30.7 Å². The first-order valence-electron chi connectivity index (χ1n) is 8.67. The summed E-state index contributed by atoms with van der Waals surface area (Å²) in [6.07, 6.45) is 8.39. The predicted molar refractivity (Wildman–Crippen MR) is 93.7 cm³/mol. The van der Waals surface area contributed by atoms with E-state index in [0.717, 1.165) is 56.0 Å². The van der Waals surface area contributed by atoms with Crippen LogP contribution < -0.4 is 5.32 Å². The molecule has 128 valence electrons. The van der Waals surface area contributed by atoms with Crippen molar-refractivity contribution in [3.8, 4) is 11.4 Å². The summed E-state index contributed by atoms with van der Waals surface area (Å²) >= 11 is 0. The van der Waals surface area contributed by atoms with Crippen molar-refractivity contribution in [2.45, 2.75) is 39.2 Å². The van der Waals surface area contributed by atoms with Crippen molar-refractivity contribution in [3.63, 3.8) is 0 Å². The number of rotatable bonds is 4. The second kappa shape index (κ2) is 7.47. The maximum Gasteiger partial charge on any atom is 0.317 e. The van der Waals surface area contributed by atoms with Gasteiger partial charge in [-0.2, -0.15) is 0 Å². The van der Waals surface area contributed by atoms with Crippen LogP contribution in [0.2, 0.25) is 0 Å². The minimum atomic E-state index is 0.0620. The molecule has 1 aliphatic heterocycles. The number of nitrogens with one attached hydrogen (secondary N) is 1.